The third-order valence-electron chi connectivity index (χ3n) is 4.63. The number of carbonyl (C=O) groups excluding carboxylic acids is 1. The van der Waals surface area contributed by atoms with Gasteiger partial charge in [0, 0.05) is 29.2 Å². The molecule has 6 nitrogen and oxygen atoms in total. The lowest BCUT2D eigenvalue weighted by atomic mass is 10.0. The SMILES string of the molecule is O=C(Nc1ccc(-c2cn3ccnnc3n2)cc1)c1cccc2ccccc12. The molecule has 2 aromatic heterocycles. The van der Waals surface area contributed by atoms with Crippen molar-refractivity contribution < 1.29 is 4.79 Å². The van der Waals surface area contributed by atoms with Gasteiger partial charge in [-0.2, -0.15) is 5.10 Å². The Morgan fingerprint density at radius 1 is 0.929 bits per heavy atom. The molecule has 0 atom stereocenters. The fourth-order valence-corrected chi connectivity index (χ4v) is 3.24. The van der Waals surface area contributed by atoms with Gasteiger partial charge in [0.05, 0.1) is 11.9 Å². The van der Waals surface area contributed by atoms with Gasteiger partial charge in [0.15, 0.2) is 0 Å². The van der Waals surface area contributed by atoms with E-state index in [9.17, 15) is 4.79 Å². The Kier molecular flexibility index (Phi) is 3.80. The molecule has 0 radical (unpaired) electrons. The highest BCUT2D eigenvalue weighted by Gasteiger charge is 2.11. The first-order valence-corrected chi connectivity index (χ1v) is 8.84. The molecule has 5 aromatic rings. The van der Waals surface area contributed by atoms with Gasteiger partial charge >= 0.3 is 0 Å². The Morgan fingerprint density at radius 2 is 1.75 bits per heavy atom. The number of carbonyl (C=O) groups is 1. The minimum absolute atomic E-state index is 0.132. The summed E-state index contributed by atoms with van der Waals surface area (Å²) >= 11 is 0. The summed E-state index contributed by atoms with van der Waals surface area (Å²) in [5, 5.41) is 12.8. The standard InChI is InChI=1S/C22H15N5O/c28-21(19-7-3-5-15-4-1-2-6-18(15)19)24-17-10-8-16(9-11-17)20-14-27-13-12-23-26-22(27)25-20/h1-14H,(H,24,28). The molecule has 0 unspecified atom stereocenters. The second-order valence-electron chi connectivity index (χ2n) is 6.41. The first kappa shape index (κ1) is 16.1. The van der Waals surface area contributed by atoms with Gasteiger partial charge in [0.1, 0.15) is 0 Å². The Labute approximate surface area is 160 Å². The van der Waals surface area contributed by atoms with Crippen LogP contribution in [-0.4, -0.2) is 25.5 Å². The number of benzene rings is 3. The van der Waals surface area contributed by atoms with E-state index in [1.54, 1.807) is 12.4 Å². The maximum absolute atomic E-state index is 12.8. The zero-order valence-electron chi connectivity index (χ0n) is 14.8. The zero-order valence-corrected chi connectivity index (χ0v) is 14.8. The highest BCUT2D eigenvalue weighted by atomic mass is 16.1. The molecule has 134 valence electrons. The zero-order chi connectivity index (χ0) is 18.9. The largest absolute Gasteiger partial charge is 0.322 e. The summed E-state index contributed by atoms with van der Waals surface area (Å²) in [7, 11) is 0. The van der Waals surface area contributed by atoms with Crippen LogP contribution in [0, 0.1) is 0 Å². The topological polar surface area (TPSA) is 72.2 Å². The van der Waals surface area contributed by atoms with Crippen molar-refractivity contribution in [2.45, 2.75) is 0 Å². The lowest BCUT2D eigenvalue weighted by molar-refractivity contribution is 0.102. The number of nitrogens with zero attached hydrogens (tertiary/aromatic N) is 4. The fraction of sp³-hybridized carbons (Fsp3) is 0. The molecule has 0 aliphatic heterocycles. The summed E-state index contributed by atoms with van der Waals surface area (Å²) in [4.78, 5) is 17.2. The van der Waals surface area contributed by atoms with Crippen LogP contribution in [0.3, 0.4) is 0 Å². The van der Waals surface area contributed by atoms with Gasteiger partial charge < -0.3 is 5.32 Å². The average molecular weight is 365 g/mol. The van der Waals surface area contributed by atoms with Crippen LogP contribution in [0.15, 0.2) is 85.3 Å². The van der Waals surface area contributed by atoms with E-state index in [0.717, 1.165) is 27.7 Å². The smallest absolute Gasteiger partial charge is 0.256 e. The van der Waals surface area contributed by atoms with E-state index in [2.05, 4.69) is 20.5 Å². The van der Waals surface area contributed by atoms with E-state index < -0.39 is 0 Å². The Morgan fingerprint density at radius 3 is 2.61 bits per heavy atom. The van der Waals surface area contributed by atoms with Crippen molar-refractivity contribution in [3.8, 4) is 11.3 Å². The predicted octanol–water partition coefficient (Wildman–Crippen LogP) is 4.20. The van der Waals surface area contributed by atoms with Crippen LogP contribution in [0.25, 0.3) is 27.8 Å². The number of nitrogens with one attached hydrogen (secondary N) is 1. The molecule has 0 aliphatic carbocycles. The Balaban J connectivity index is 1.40. The van der Waals surface area contributed by atoms with Gasteiger partial charge in [-0.25, -0.2) is 4.98 Å². The van der Waals surface area contributed by atoms with E-state index in [4.69, 9.17) is 0 Å². The van der Waals surface area contributed by atoms with Crippen LogP contribution in [0.2, 0.25) is 0 Å². The average Bonchev–Trinajstić information content (AvgIpc) is 3.18. The van der Waals surface area contributed by atoms with E-state index in [1.807, 2.05) is 77.3 Å². The van der Waals surface area contributed by atoms with Crippen molar-refractivity contribution in [1.29, 1.82) is 0 Å². The lowest BCUT2D eigenvalue weighted by Gasteiger charge is -2.08. The predicted molar refractivity (Wildman–Crippen MR) is 108 cm³/mol. The maximum Gasteiger partial charge on any atom is 0.256 e. The van der Waals surface area contributed by atoms with Crippen LogP contribution in [0.4, 0.5) is 5.69 Å². The number of fused-ring (bicyclic) bond motifs is 2. The Bertz CT molecular complexity index is 1270. The van der Waals surface area contributed by atoms with Gasteiger partial charge in [0.2, 0.25) is 0 Å². The Hall–Kier alpha value is -4.06. The molecule has 0 bridgehead atoms. The number of hydrogen-bond donors (Lipinski definition) is 1. The van der Waals surface area contributed by atoms with Crippen LogP contribution in [0.5, 0.6) is 0 Å². The van der Waals surface area contributed by atoms with Gasteiger partial charge in [0.25, 0.3) is 11.7 Å². The minimum Gasteiger partial charge on any atom is -0.322 e. The second-order valence-corrected chi connectivity index (χ2v) is 6.41. The number of aromatic nitrogens is 4. The lowest BCUT2D eigenvalue weighted by Crippen LogP contribution is -2.12. The van der Waals surface area contributed by atoms with Crippen LogP contribution < -0.4 is 5.32 Å². The van der Waals surface area contributed by atoms with Crippen molar-refractivity contribution in [1.82, 2.24) is 19.6 Å². The van der Waals surface area contributed by atoms with Crippen LogP contribution in [0.1, 0.15) is 10.4 Å². The third-order valence-corrected chi connectivity index (χ3v) is 4.63. The highest BCUT2D eigenvalue weighted by molar-refractivity contribution is 6.12. The summed E-state index contributed by atoms with van der Waals surface area (Å²) < 4.78 is 1.82. The van der Waals surface area contributed by atoms with Crippen molar-refractivity contribution in [2.24, 2.45) is 0 Å². The van der Waals surface area contributed by atoms with E-state index >= 15 is 0 Å². The summed E-state index contributed by atoms with van der Waals surface area (Å²) in [6, 6.07) is 21.2. The molecule has 3 aromatic carbocycles. The first-order chi connectivity index (χ1) is 13.8. The normalized spacial score (nSPS) is 11.0. The first-order valence-electron chi connectivity index (χ1n) is 8.84. The number of anilines is 1. The van der Waals surface area contributed by atoms with Crippen LogP contribution in [-0.2, 0) is 0 Å². The molecule has 0 aliphatic rings. The molecular formula is C22H15N5O. The maximum atomic E-state index is 12.8. The van der Waals surface area contributed by atoms with Crippen molar-refractivity contribution >= 4 is 28.1 Å². The number of amides is 1. The molecule has 6 heteroatoms. The van der Waals surface area contributed by atoms with Gasteiger partial charge in [-0.05, 0) is 29.0 Å². The molecule has 0 spiro atoms. The molecule has 0 fully saturated rings. The molecule has 28 heavy (non-hydrogen) atoms. The minimum atomic E-state index is -0.132. The van der Waals surface area contributed by atoms with Crippen LogP contribution >= 0.6 is 0 Å². The monoisotopic (exact) mass is 365 g/mol. The summed E-state index contributed by atoms with van der Waals surface area (Å²) in [6.45, 7) is 0. The molecule has 1 N–H and O–H groups in total. The number of imidazole rings is 1. The quantitative estimate of drug-likeness (QED) is 0.520. The van der Waals surface area contributed by atoms with Crippen molar-refractivity contribution in [3.63, 3.8) is 0 Å². The van der Waals surface area contributed by atoms with Gasteiger partial charge in [-0.3, -0.25) is 9.20 Å². The van der Waals surface area contributed by atoms with E-state index in [0.29, 0.717) is 11.3 Å². The fourth-order valence-electron chi connectivity index (χ4n) is 3.24. The molecule has 1 amide bonds. The van der Waals surface area contributed by atoms with E-state index in [-0.39, 0.29) is 5.91 Å². The summed E-state index contributed by atoms with van der Waals surface area (Å²) in [6.07, 6.45) is 5.32. The third kappa shape index (κ3) is 2.87. The molecule has 5 rings (SSSR count). The van der Waals surface area contributed by atoms with Crippen molar-refractivity contribution in [3.05, 3.63) is 90.9 Å². The molecule has 0 saturated heterocycles. The van der Waals surface area contributed by atoms with Crippen molar-refractivity contribution in [2.75, 3.05) is 5.32 Å². The molecule has 0 saturated carbocycles. The summed E-state index contributed by atoms with van der Waals surface area (Å²) in [5.41, 5.74) is 3.12. The summed E-state index contributed by atoms with van der Waals surface area (Å²) in [5.74, 6) is 0.415. The number of hydrogen-bond acceptors (Lipinski definition) is 4. The molecule has 2 heterocycles. The van der Waals surface area contributed by atoms with Gasteiger partial charge in [-0.15, -0.1) is 5.10 Å². The van der Waals surface area contributed by atoms with E-state index in [1.165, 1.54) is 0 Å². The highest BCUT2D eigenvalue weighted by Crippen LogP contribution is 2.23. The van der Waals surface area contributed by atoms with Gasteiger partial charge in [-0.1, -0.05) is 48.5 Å². The number of rotatable bonds is 3. The second kappa shape index (κ2) is 6.59. The molecular weight excluding hydrogens is 350 g/mol.